The van der Waals surface area contributed by atoms with E-state index < -0.39 is 0 Å². The fraction of sp³-hybridized carbons (Fsp3) is 0.538. The highest BCUT2D eigenvalue weighted by Gasteiger charge is 2.28. The Bertz CT molecular complexity index is 395. The minimum absolute atomic E-state index is 0. The highest BCUT2D eigenvalue weighted by molar-refractivity contribution is 6.31. The number of nitrogens with two attached hydrogens (primary N) is 1. The van der Waals surface area contributed by atoms with Crippen LogP contribution in [0.25, 0.3) is 0 Å². The van der Waals surface area contributed by atoms with E-state index in [1.165, 1.54) is 0 Å². The SMILES string of the molecule is CN(C)c1ccc([C@H](N)C(C)(C)CO)c(Cl)c1.Cl. The number of aliphatic hydroxyl groups excluding tert-OH is 1. The smallest absolute Gasteiger partial charge is 0.0500 e. The van der Waals surface area contributed by atoms with Gasteiger partial charge in [-0.3, -0.25) is 0 Å². The number of nitrogens with zero attached hydrogens (tertiary/aromatic N) is 1. The minimum atomic E-state index is -0.386. The Balaban J connectivity index is 0.00000289. The summed E-state index contributed by atoms with van der Waals surface area (Å²) in [7, 11) is 3.92. The molecular formula is C13H22Cl2N2O. The van der Waals surface area contributed by atoms with Gasteiger partial charge in [-0.05, 0) is 17.7 Å². The molecule has 0 heterocycles. The molecule has 104 valence electrons. The fourth-order valence-corrected chi connectivity index (χ4v) is 1.86. The molecule has 0 aliphatic heterocycles. The second-order valence-corrected chi connectivity index (χ2v) is 5.63. The first kappa shape index (κ1) is 17.5. The summed E-state index contributed by atoms with van der Waals surface area (Å²) in [5, 5.41) is 9.97. The van der Waals surface area contributed by atoms with Crippen LogP contribution in [0.3, 0.4) is 0 Å². The largest absolute Gasteiger partial charge is 0.396 e. The molecule has 0 aromatic heterocycles. The lowest BCUT2D eigenvalue weighted by Crippen LogP contribution is -2.32. The van der Waals surface area contributed by atoms with E-state index in [0.717, 1.165) is 11.3 Å². The van der Waals surface area contributed by atoms with Crippen LogP contribution in [0.1, 0.15) is 25.5 Å². The monoisotopic (exact) mass is 292 g/mol. The maximum absolute atomic E-state index is 9.33. The number of halogens is 2. The van der Waals surface area contributed by atoms with Gasteiger partial charge in [0.15, 0.2) is 0 Å². The van der Waals surface area contributed by atoms with Crippen LogP contribution in [0.2, 0.25) is 5.02 Å². The molecule has 5 heteroatoms. The number of rotatable bonds is 4. The molecule has 0 amide bonds. The van der Waals surface area contributed by atoms with Gasteiger partial charge in [-0.2, -0.15) is 0 Å². The van der Waals surface area contributed by atoms with E-state index in [1.807, 2.05) is 51.0 Å². The van der Waals surface area contributed by atoms with E-state index in [2.05, 4.69) is 0 Å². The molecule has 1 rings (SSSR count). The van der Waals surface area contributed by atoms with Gasteiger partial charge >= 0.3 is 0 Å². The number of aliphatic hydroxyl groups is 1. The molecule has 0 fully saturated rings. The van der Waals surface area contributed by atoms with E-state index >= 15 is 0 Å². The lowest BCUT2D eigenvalue weighted by Gasteiger charge is -2.30. The topological polar surface area (TPSA) is 49.5 Å². The van der Waals surface area contributed by atoms with Crippen molar-refractivity contribution >= 4 is 29.7 Å². The third-order valence-electron chi connectivity index (χ3n) is 3.08. The molecule has 0 radical (unpaired) electrons. The molecule has 0 aliphatic carbocycles. The average molecular weight is 293 g/mol. The van der Waals surface area contributed by atoms with Crippen LogP contribution < -0.4 is 10.6 Å². The summed E-state index contributed by atoms with van der Waals surface area (Å²) >= 11 is 6.24. The van der Waals surface area contributed by atoms with Crippen molar-refractivity contribution in [3.05, 3.63) is 28.8 Å². The Morgan fingerprint density at radius 2 is 1.94 bits per heavy atom. The van der Waals surface area contributed by atoms with E-state index in [9.17, 15) is 5.11 Å². The van der Waals surface area contributed by atoms with Gasteiger partial charge in [0, 0.05) is 42.9 Å². The standard InChI is InChI=1S/C13H21ClN2O.ClH/c1-13(2,8-17)12(15)10-6-5-9(16(3)4)7-11(10)14;/h5-7,12,17H,8,15H2,1-4H3;1H/t12-;/m0./s1. The lowest BCUT2D eigenvalue weighted by molar-refractivity contribution is 0.132. The minimum Gasteiger partial charge on any atom is -0.396 e. The van der Waals surface area contributed by atoms with Gasteiger partial charge < -0.3 is 15.7 Å². The molecule has 0 saturated heterocycles. The highest BCUT2D eigenvalue weighted by Crippen LogP contribution is 2.35. The van der Waals surface area contributed by atoms with Gasteiger partial charge in [0.1, 0.15) is 0 Å². The second-order valence-electron chi connectivity index (χ2n) is 5.22. The van der Waals surface area contributed by atoms with Crippen molar-refractivity contribution in [2.24, 2.45) is 11.1 Å². The van der Waals surface area contributed by atoms with E-state index in [1.54, 1.807) is 0 Å². The van der Waals surface area contributed by atoms with Gasteiger partial charge in [-0.25, -0.2) is 0 Å². The zero-order valence-electron chi connectivity index (χ0n) is 11.3. The highest BCUT2D eigenvalue weighted by atomic mass is 35.5. The Kier molecular flexibility index (Phi) is 6.44. The summed E-state index contributed by atoms with van der Waals surface area (Å²) in [5.41, 5.74) is 7.67. The quantitative estimate of drug-likeness (QED) is 0.897. The Morgan fingerprint density at radius 3 is 2.33 bits per heavy atom. The van der Waals surface area contributed by atoms with Crippen molar-refractivity contribution < 1.29 is 5.11 Å². The van der Waals surface area contributed by atoms with E-state index in [-0.39, 0.29) is 30.5 Å². The predicted octanol–water partition coefficient (Wildman–Crippen LogP) is 2.85. The third-order valence-corrected chi connectivity index (χ3v) is 3.41. The molecule has 0 bridgehead atoms. The zero-order valence-corrected chi connectivity index (χ0v) is 12.8. The molecule has 3 N–H and O–H groups in total. The number of anilines is 1. The van der Waals surface area contributed by atoms with Crippen LogP contribution in [0.5, 0.6) is 0 Å². The summed E-state index contributed by atoms with van der Waals surface area (Å²) in [5.74, 6) is 0. The molecule has 1 aromatic rings. The van der Waals surface area contributed by atoms with Crippen molar-refractivity contribution in [1.29, 1.82) is 0 Å². The maximum Gasteiger partial charge on any atom is 0.0500 e. The van der Waals surface area contributed by atoms with E-state index in [0.29, 0.717) is 5.02 Å². The lowest BCUT2D eigenvalue weighted by atomic mass is 9.82. The van der Waals surface area contributed by atoms with Crippen molar-refractivity contribution in [3.63, 3.8) is 0 Å². The molecular weight excluding hydrogens is 271 g/mol. The van der Waals surface area contributed by atoms with Crippen LogP contribution in [0.15, 0.2) is 18.2 Å². The molecule has 0 aliphatic rings. The first-order valence-corrected chi connectivity index (χ1v) is 6.00. The molecule has 1 atom stereocenters. The van der Waals surface area contributed by atoms with Crippen molar-refractivity contribution in [2.45, 2.75) is 19.9 Å². The first-order chi connectivity index (χ1) is 7.79. The molecule has 0 saturated carbocycles. The Labute approximate surface area is 120 Å². The van der Waals surface area contributed by atoms with Gasteiger partial charge in [-0.1, -0.05) is 31.5 Å². The third kappa shape index (κ3) is 3.75. The summed E-state index contributed by atoms with van der Waals surface area (Å²) < 4.78 is 0. The normalized spacial score (nSPS) is 12.8. The van der Waals surface area contributed by atoms with Crippen LogP contribution in [-0.4, -0.2) is 25.8 Å². The van der Waals surface area contributed by atoms with Crippen LogP contribution >= 0.6 is 24.0 Å². The fourth-order valence-electron chi connectivity index (χ4n) is 1.57. The molecule has 18 heavy (non-hydrogen) atoms. The summed E-state index contributed by atoms with van der Waals surface area (Å²) in [4.78, 5) is 1.98. The van der Waals surface area contributed by atoms with E-state index in [4.69, 9.17) is 17.3 Å². The molecule has 3 nitrogen and oxygen atoms in total. The summed E-state index contributed by atoms with van der Waals surface area (Å²) in [6, 6.07) is 5.52. The first-order valence-electron chi connectivity index (χ1n) is 5.63. The number of hydrogen-bond acceptors (Lipinski definition) is 3. The zero-order chi connectivity index (χ0) is 13.2. The van der Waals surface area contributed by atoms with Crippen molar-refractivity contribution in [1.82, 2.24) is 0 Å². The van der Waals surface area contributed by atoms with Crippen molar-refractivity contribution in [3.8, 4) is 0 Å². The van der Waals surface area contributed by atoms with Gasteiger partial charge in [-0.15, -0.1) is 12.4 Å². The molecule has 1 aromatic carbocycles. The van der Waals surface area contributed by atoms with Crippen LogP contribution in [0, 0.1) is 5.41 Å². The van der Waals surface area contributed by atoms with Gasteiger partial charge in [0.2, 0.25) is 0 Å². The van der Waals surface area contributed by atoms with Crippen molar-refractivity contribution in [2.75, 3.05) is 25.6 Å². The Hall–Kier alpha value is -0.480. The summed E-state index contributed by atoms with van der Waals surface area (Å²) in [6.07, 6.45) is 0. The molecule has 0 spiro atoms. The second kappa shape index (κ2) is 6.62. The van der Waals surface area contributed by atoms with Crippen LogP contribution in [-0.2, 0) is 0 Å². The average Bonchev–Trinajstić information content (AvgIpc) is 2.27. The summed E-state index contributed by atoms with van der Waals surface area (Å²) in [6.45, 7) is 3.88. The Morgan fingerprint density at radius 1 is 1.39 bits per heavy atom. The molecule has 0 unspecified atom stereocenters. The maximum atomic E-state index is 9.33. The van der Waals surface area contributed by atoms with Gasteiger partial charge in [0.25, 0.3) is 0 Å². The number of benzene rings is 1. The predicted molar refractivity (Wildman–Crippen MR) is 80.8 cm³/mol. The number of hydrogen-bond donors (Lipinski definition) is 2. The van der Waals surface area contributed by atoms with Crippen LogP contribution in [0.4, 0.5) is 5.69 Å². The van der Waals surface area contributed by atoms with Gasteiger partial charge in [0.05, 0.1) is 0 Å².